The van der Waals surface area contributed by atoms with Gasteiger partial charge >= 0.3 is 33.6 Å². The summed E-state index contributed by atoms with van der Waals surface area (Å²) in [6, 6.07) is 0. The van der Waals surface area contributed by atoms with Crippen LogP contribution in [0, 0.1) is 0 Å². The molecule has 16 nitrogen and oxygen atoms in total. The summed E-state index contributed by atoms with van der Waals surface area (Å²) in [5, 5.41) is 20.5. The maximum Gasteiger partial charge on any atom is 0.472 e. The molecular formula is C69H116O16P2. The summed E-state index contributed by atoms with van der Waals surface area (Å²) in [5.41, 5.74) is 0. The van der Waals surface area contributed by atoms with Crippen molar-refractivity contribution in [3.8, 4) is 0 Å². The molecule has 0 saturated carbocycles. The van der Waals surface area contributed by atoms with Crippen molar-refractivity contribution >= 4 is 33.6 Å². The van der Waals surface area contributed by atoms with Crippen LogP contribution in [-0.2, 0) is 55.8 Å². The number of allylic oxidation sites excluding steroid dienone is 20. The lowest BCUT2D eigenvalue weighted by Crippen LogP contribution is -2.30. The number of unbranched alkanes of at least 4 members (excludes halogenated alkanes) is 18. The van der Waals surface area contributed by atoms with Gasteiger partial charge in [-0.25, -0.2) is 9.13 Å². The number of phosphoric ester groups is 2. The number of aliphatic hydroxyl groups is 2. The molecule has 0 aromatic heterocycles. The molecule has 0 aliphatic heterocycles. The van der Waals surface area contributed by atoms with Crippen LogP contribution in [0.3, 0.4) is 0 Å². The van der Waals surface area contributed by atoms with Gasteiger partial charge in [0.25, 0.3) is 0 Å². The second-order valence-corrected chi connectivity index (χ2v) is 24.4. The zero-order valence-corrected chi connectivity index (χ0v) is 55.4. The van der Waals surface area contributed by atoms with Gasteiger partial charge in [0.2, 0.25) is 0 Å². The number of carbonyl (C=O) groups excluding carboxylic acids is 3. The predicted octanol–water partition coefficient (Wildman–Crippen LogP) is 17.9. The molecule has 0 saturated heterocycles. The molecule has 0 radical (unpaired) electrons. The normalized spacial score (nSPS) is 15.1. The lowest BCUT2D eigenvalue weighted by atomic mass is 10.1. The van der Waals surface area contributed by atoms with Gasteiger partial charge < -0.3 is 34.2 Å². The smallest absolute Gasteiger partial charge is 0.463 e. The van der Waals surface area contributed by atoms with Gasteiger partial charge in [0.05, 0.1) is 26.4 Å². The average molecular weight is 1260 g/mol. The molecule has 0 amide bonds. The third kappa shape index (κ3) is 63.3. The molecule has 0 fully saturated rings. The molecule has 0 heterocycles. The zero-order chi connectivity index (χ0) is 63.8. The first-order chi connectivity index (χ1) is 42.2. The second-order valence-electron chi connectivity index (χ2n) is 21.5. The molecule has 0 aromatic carbocycles. The van der Waals surface area contributed by atoms with E-state index >= 15 is 0 Å². The Morgan fingerprint density at radius 2 is 0.621 bits per heavy atom. The van der Waals surface area contributed by atoms with Crippen LogP contribution in [0.4, 0.5) is 0 Å². The van der Waals surface area contributed by atoms with E-state index in [0.717, 1.165) is 122 Å². The molecule has 0 rings (SSSR count). The summed E-state index contributed by atoms with van der Waals surface area (Å²) in [5.74, 6) is -1.68. The minimum Gasteiger partial charge on any atom is -0.463 e. The van der Waals surface area contributed by atoms with E-state index in [1.54, 1.807) is 0 Å². The maximum atomic E-state index is 12.9. The van der Waals surface area contributed by atoms with E-state index in [9.17, 15) is 43.5 Å². The molecule has 0 aromatic rings. The van der Waals surface area contributed by atoms with E-state index in [2.05, 4.69) is 130 Å². The number of rotatable bonds is 61. The largest absolute Gasteiger partial charge is 0.472 e. The first-order valence-electron chi connectivity index (χ1n) is 32.8. The molecule has 5 atom stereocenters. The fourth-order valence-electron chi connectivity index (χ4n) is 8.11. The molecule has 5 unspecified atom stereocenters. The lowest BCUT2D eigenvalue weighted by molar-refractivity contribution is -0.161. The van der Waals surface area contributed by atoms with Crippen LogP contribution in [0.15, 0.2) is 122 Å². The number of aliphatic hydroxyl groups excluding tert-OH is 2. The SMILES string of the molecule is CC/C=C\C/C=C\C/C=C\C/C=C\C/C=C\CCCC(=O)OCC(COP(=O)(O)OCC(O)COP(=O)(O)OCC(O)COC(=O)CCCCCCC/C=C\C/C=C\C/C=C\C/C=C\CCCCC)OC(=O)CCCCCCC/C=C\CCCCCC. The average Bonchev–Trinajstić information content (AvgIpc) is 3.69. The third-order valence-electron chi connectivity index (χ3n) is 13.1. The number of ether oxygens (including phenoxy) is 3. The minimum absolute atomic E-state index is 0.0787. The Kier molecular flexibility index (Phi) is 59.3. The van der Waals surface area contributed by atoms with Crippen LogP contribution in [-0.4, -0.2) is 95.9 Å². The molecule has 87 heavy (non-hydrogen) atoms. The Bertz CT molecular complexity index is 2070. The molecule has 0 spiro atoms. The summed E-state index contributed by atoms with van der Waals surface area (Å²) >= 11 is 0. The second kappa shape index (κ2) is 62.2. The minimum atomic E-state index is -4.94. The van der Waals surface area contributed by atoms with Crippen LogP contribution in [0.2, 0.25) is 0 Å². The maximum absolute atomic E-state index is 12.9. The first-order valence-corrected chi connectivity index (χ1v) is 35.8. The molecular weight excluding hydrogens is 1150 g/mol. The number of hydrogen-bond acceptors (Lipinski definition) is 14. The summed E-state index contributed by atoms with van der Waals surface area (Å²) < 4.78 is 60.7. The van der Waals surface area contributed by atoms with E-state index in [1.165, 1.54) is 51.4 Å². The number of esters is 3. The fraction of sp³-hybridized carbons (Fsp3) is 0.667. The predicted molar refractivity (Wildman–Crippen MR) is 353 cm³/mol. The van der Waals surface area contributed by atoms with Crippen molar-refractivity contribution < 1.29 is 75.8 Å². The van der Waals surface area contributed by atoms with Crippen LogP contribution < -0.4 is 0 Å². The van der Waals surface area contributed by atoms with Gasteiger partial charge in [0, 0.05) is 19.3 Å². The lowest BCUT2D eigenvalue weighted by Gasteiger charge is -2.21. The standard InChI is InChI=1S/C69H116O16P2/c1-4-7-10-13-16-19-22-25-27-29-30-31-32-34-36-38-40-43-46-49-52-55-67(72)79-58-64(70)59-81-86(75,76)82-60-65(71)61-83-87(77,78)84-63-66(85-69(74)57-54-51-48-45-42-37-24-21-18-15-12-9-6-3)62-80-68(73)56-53-50-47-44-41-39-35-33-28-26-23-20-17-14-11-8-5-2/h8,11,16-17,19-21,24-28,30-31,34-36,39,44,47,64-66,70-71H,4-7,9-10,12-15,18,22-23,29,32-33,37-38,40-43,45-46,48-63H2,1-3H3,(H,75,76)(H,77,78)/b11-8-,19-16-,20-17-,24-21-,27-25-,28-26-,31-30-,36-34-,39-35-,47-44-. The van der Waals surface area contributed by atoms with Gasteiger partial charge in [-0.15, -0.1) is 0 Å². The Labute approximate surface area is 525 Å². The Morgan fingerprint density at radius 3 is 1.05 bits per heavy atom. The summed E-state index contributed by atoms with van der Waals surface area (Å²) in [7, 11) is -9.80. The van der Waals surface area contributed by atoms with Crippen molar-refractivity contribution in [2.45, 2.75) is 257 Å². The van der Waals surface area contributed by atoms with E-state index in [4.69, 9.17) is 32.3 Å². The summed E-state index contributed by atoms with van der Waals surface area (Å²) in [4.78, 5) is 58.2. The van der Waals surface area contributed by atoms with Gasteiger partial charge in [-0.05, 0) is 128 Å². The highest BCUT2D eigenvalue weighted by Crippen LogP contribution is 2.45. The Balaban J connectivity index is 4.70. The van der Waals surface area contributed by atoms with E-state index in [-0.39, 0.29) is 19.3 Å². The topological polar surface area (TPSA) is 231 Å². The van der Waals surface area contributed by atoms with Crippen molar-refractivity contribution in [1.82, 2.24) is 0 Å². The van der Waals surface area contributed by atoms with Crippen molar-refractivity contribution in [3.63, 3.8) is 0 Å². The van der Waals surface area contributed by atoms with Crippen LogP contribution in [0.25, 0.3) is 0 Å². The zero-order valence-electron chi connectivity index (χ0n) is 53.6. The highest BCUT2D eigenvalue weighted by atomic mass is 31.2. The van der Waals surface area contributed by atoms with Crippen molar-refractivity contribution in [2.75, 3.05) is 39.6 Å². The van der Waals surface area contributed by atoms with Gasteiger partial charge in [-0.2, -0.15) is 0 Å². The van der Waals surface area contributed by atoms with Crippen LogP contribution >= 0.6 is 15.6 Å². The van der Waals surface area contributed by atoms with Crippen molar-refractivity contribution in [1.29, 1.82) is 0 Å². The van der Waals surface area contributed by atoms with Gasteiger partial charge in [-0.3, -0.25) is 32.5 Å². The van der Waals surface area contributed by atoms with Crippen LogP contribution in [0.1, 0.15) is 239 Å². The van der Waals surface area contributed by atoms with Crippen molar-refractivity contribution in [3.05, 3.63) is 122 Å². The third-order valence-corrected chi connectivity index (χ3v) is 15.0. The van der Waals surface area contributed by atoms with Gasteiger partial charge in [-0.1, -0.05) is 213 Å². The number of carbonyl (C=O) groups is 3. The quantitative estimate of drug-likeness (QED) is 0.0146. The van der Waals surface area contributed by atoms with Gasteiger partial charge in [0.15, 0.2) is 6.10 Å². The van der Waals surface area contributed by atoms with E-state index in [0.29, 0.717) is 25.7 Å². The molecule has 18 heteroatoms. The molecule has 0 aliphatic rings. The van der Waals surface area contributed by atoms with Gasteiger partial charge in [0.1, 0.15) is 25.4 Å². The van der Waals surface area contributed by atoms with Crippen LogP contribution in [0.5, 0.6) is 0 Å². The molecule has 498 valence electrons. The molecule has 0 aliphatic carbocycles. The van der Waals surface area contributed by atoms with Crippen molar-refractivity contribution in [2.24, 2.45) is 0 Å². The summed E-state index contributed by atoms with van der Waals surface area (Å²) in [6.07, 6.45) is 69.8. The molecule has 0 bridgehead atoms. The monoisotopic (exact) mass is 1260 g/mol. The first kappa shape index (κ1) is 83.0. The summed E-state index contributed by atoms with van der Waals surface area (Å²) in [6.45, 7) is 2.38. The number of hydrogen-bond donors (Lipinski definition) is 4. The fourth-order valence-corrected chi connectivity index (χ4v) is 9.70. The Hall–Kier alpha value is -4.05. The Morgan fingerprint density at radius 1 is 0.333 bits per heavy atom. The van der Waals surface area contributed by atoms with E-state index in [1.807, 2.05) is 12.2 Å². The highest BCUT2D eigenvalue weighted by Gasteiger charge is 2.29. The number of phosphoric acid groups is 2. The molecule has 4 N–H and O–H groups in total. The highest BCUT2D eigenvalue weighted by molar-refractivity contribution is 7.47. The van der Waals surface area contributed by atoms with E-state index < -0.39 is 91.5 Å².